The van der Waals surface area contributed by atoms with Gasteiger partial charge in [-0.3, -0.25) is 0 Å². The van der Waals surface area contributed by atoms with E-state index in [0.717, 1.165) is 25.7 Å². The number of hydrogen-bond donors (Lipinski definition) is 1. The molecule has 0 aromatic rings. The highest BCUT2D eigenvalue weighted by atomic mass is 16.4. The number of nitriles is 1. The minimum Gasteiger partial charge on any atom is -0.478 e. The van der Waals surface area contributed by atoms with Gasteiger partial charge in [-0.25, -0.2) is 4.79 Å². The van der Waals surface area contributed by atoms with E-state index in [9.17, 15) is 4.79 Å². The molecular formula is C11H15NO2. The summed E-state index contributed by atoms with van der Waals surface area (Å²) in [5, 5.41) is 18.0. The highest BCUT2D eigenvalue weighted by molar-refractivity contribution is 5.88. The Morgan fingerprint density at radius 2 is 1.79 bits per heavy atom. The van der Waals surface area contributed by atoms with Gasteiger partial charge >= 0.3 is 5.97 Å². The molecule has 1 fully saturated rings. The molecule has 0 bridgehead atoms. The van der Waals surface area contributed by atoms with E-state index in [2.05, 4.69) is 12.6 Å². The quantitative estimate of drug-likeness (QED) is 0.541. The van der Waals surface area contributed by atoms with E-state index in [1.807, 2.05) is 0 Å². The minimum atomic E-state index is -1.03. The molecule has 1 rings (SSSR count). The molecule has 0 aromatic heterocycles. The average Bonchev–Trinajstić information content (AvgIpc) is 2.42. The summed E-state index contributed by atoms with van der Waals surface area (Å²) in [6, 6.07) is 2.16. The van der Waals surface area contributed by atoms with Gasteiger partial charge in [0.15, 0.2) is 0 Å². The monoisotopic (exact) mass is 193 g/mol. The van der Waals surface area contributed by atoms with Crippen LogP contribution in [-0.4, -0.2) is 11.1 Å². The third kappa shape index (κ3) is 1.95. The lowest BCUT2D eigenvalue weighted by Crippen LogP contribution is -2.25. The molecule has 14 heavy (non-hydrogen) atoms. The first-order chi connectivity index (χ1) is 6.62. The lowest BCUT2D eigenvalue weighted by molar-refractivity contribution is -0.133. The normalized spacial score (nSPS) is 20.5. The second kappa shape index (κ2) is 4.28. The summed E-state index contributed by atoms with van der Waals surface area (Å²) < 4.78 is 0. The van der Waals surface area contributed by atoms with Crippen LogP contribution in [0, 0.1) is 16.7 Å². The molecule has 0 amide bonds. The van der Waals surface area contributed by atoms with Gasteiger partial charge in [-0.2, -0.15) is 5.26 Å². The van der Waals surface area contributed by atoms with Gasteiger partial charge in [0.05, 0.1) is 17.1 Å². The standard InChI is InChI=1S/C11H15NO2/c1-9(10(13)14)11(8-12)6-4-2-3-5-7-11/h1-7H2,(H,13,14). The Labute approximate surface area is 84.0 Å². The number of carboxylic acids is 1. The zero-order chi connectivity index (χ0) is 10.6. The maximum atomic E-state index is 10.8. The van der Waals surface area contributed by atoms with Crippen molar-refractivity contribution in [2.24, 2.45) is 5.41 Å². The molecule has 1 saturated carbocycles. The fourth-order valence-corrected chi connectivity index (χ4v) is 2.02. The van der Waals surface area contributed by atoms with Crippen molar-refractivity contribution < 1.29 is 9.90 Å². The molecule has 76 valence electrons. The number of hydrogen-bond acceptors (Lipinski definition) is 2. The lowest BCUT2D eigenvalue weighted by Gasteiger charge is -2.24. The number of aliphatic carboxylic acids is 1. The highest BCUT2D eigenvalue weighted by Crippen LogP contribution is 2.40. The van der Waals surface area contributed by atoms with Crippen LogP contribution in [0.5, 0.6) is 0 Å². The smallest absolute Gasteiger partial charge is 0.332 e. The summed E-state index contributed by atoms with van der Waals surface area (Å²) >= 11 is 0. The fraction of sp³-hybridized carbons (Fsp3) is 0.636. The Morgan fingerprint density at radius 3 is 2.14 bits per heavy atom. The van der Waals surface area contributed by atoms with Crippen LogP contribution >= 0.6 is 0 Å². The van der Waals surface area contributed by atoms with Crippen LogP contribution in [0.3, 0.4) is 0 Å². The van der Waals surface area contributed by atoms with Crippen LogP contribution < -0.4 is 0 Å². The van der Waals surface area contributed by atoms with E-state index in [1.165, 1.54) is 0 Å². The summed E-state index contributed by atoms with van der Waals surface area (Å²) in [6.45, 7) is 3.54. The molecule has 1 aliphatic rings. The molecule has 1 aliphatic carbocycles. The largest absolute Gasteiger partial charge is 0.478 e. The number of nitrogens with zero attached hydrogens (tertiary/aromatic N) is 1. The summed E-state index contributed by atoms with van der Waals surface area (Å²) in [5.41, 5.74) is -0.732. The zero-order valence-electron chi connectivity index (χ0n) is 8.25. The minimum absolute atomic E-state index is 0.0712. The van der Waals surface area contributed by atoms with Crippen molar-refractivity contribution in [2.75, 3.05) is 0 Å². The lowest BCUT2D eigenvalue weighted by atomic mass is 9.76. The Bertz CT molecular complexity index is 280. The van der Waals surface area contributed by atoms with Crippen molar-refractivity contribution in [3.8, 4) is 6.07 Å². The number of rotatable bonds is 2. The SMILES string of the molecule is C=C(C(=O)O)C1(C#N)CCCCCC1. The maximum absolute atomic E-state index is 10.8. The van der Waals surface area contributed by atoms with Crippen LogP contribution in [0.2, 0.25) is 0 Å². The van der Waals surface area contributed by atoms with E-state index in [4.69, 9.17) is 10.4 Å². The molecule has 0 atom stereocenters. The predicted octanol–water partition coefficient (Wildman–Crippen LogP) is 2.49. The van der Waals surface area contributed by atoms with Crippen LogP contribution in [0.4, 0.5) is 0 Å². The number of carbonyl (C=O) groups is 1. The van der Waals surface area contributed by atoms with Crippen molar-refractivity contribution in [3.63, 3.8) is 0 Å². The average molecular weight is 193 g/mol. The molecule has 3 heteroatoms. The van der Waals surface area contributed by atoms with E-state index in [1.54, 1.807) is 0 Å². The Kier molecular flexibility index (Phi) is 3.29. The Hall–Kier alpha value is -1.30. The number of carboxylic acid groups (broad SMARTS) is 1. The molecule has 0 unspecified atom stereocenters. The van der Waals surface area contributed by atoms with Crippen molar-refractivity contribution in [1.29, 1.82) is 5.26 Å². The van der Waals surface area contributed by atoms with Gasteiger partial charge in [-0.1, -0.05) is 32.3 Å². The first-order valence-corrected chi connectivity index (χ1v) is 4.96. The molecule has 0 aromatic carbocycles. The van der Waals surface area contributed by atoms with Gasteiger partial charge < -0.3 is 5.11 Å². The van der Waals surface area contributed by atoms with Crippen molar-refractivity contribution in [3.05, 3.63) is 12.2 Å². The van der Waals surface area contributed by atoms with E-state index in [-0.39, 0.29) is 5.57 Å². The van der Waals surface area contributed by atoms with Gasteiger partial charge in [0.1, 0.15) is 0 Å². The fourth-order valence-electron chi connectivity index (χ4n) is 2.02. The van der Waals surface area contributed by atoms with Crippen LogP contribution in [0.15, 0.2) is 12.2 Å². The third-order valence-electron chi connectivity index (χ3n) is 3.01. The van der Waals surface area contributed by atoms with Gasteiger partial charge in [-0.15, -0.1) is 0 Å². The summed E-state index contributed by atoms with van der Waals surface area (Å²) in [6.07, 6.45) is 5.34. The first-order valence-electron chi connectivity index (χ1n) is 4.96. The van der Waals surface area contributed by atoms with E-state index < -0.39 is 11.4 Å². The summed E-state index contributed by atoms with van der Waals surface area (Å²) in [5.74, 6) is -1.03. The molecule has 0 heterocycles. The van der Waals surface area contributed by atoms with Crippen molar-refractivity contribution >= 4 is 5.97 Å². The van der Waals surface area contributed by atoms with E-state index >= 15 is 0 Å². The molecule has 0 aliphatic heterocycles. The second-order valence-corrected chi connectivity index (χ2v) is 3.89. The third-order valence-corrected chi connectivity index (χ3v) is 3.01. The maximum Gasteiger partial charge on any atom is 0.332 e. The summed E-state index contributed by atoms with van der Waals surface area (Å²) in [4.78, 5) is 10.8. The molecule has 3 nitrogen and oxygen atoms in total. The Morgan fingerprint density at radius 1 is 1.29 bits per heavy atom. The predicted molar refractivity (Wildman–Crippen MR) is 52.5 cm³/mol. The highest BCUT2D eigenvalue weighted by Gasteiger charge is 2.37. The Balaban J connectivity index is 2.89. The molecule has 0 spiro atoms. The first kappa shape index (κ1) is 10.8. The van der Waals surface area contributed by atoms with Gasteiger partial charge in [0, 0.05) is 0 Å². The van der Waals surface area contributed by atoms with Crippen LogP contribution in [0.25, 0.3) is 0 Å². The van der Waals surface area contributed by atoms with Crippen molar-refractivity contribution in [1.82, 2.24) is 0 Å². The zero-order valence-corrected chi connectivity index (χ0v) is 8.25. The van der Waals surface area contributed by atoms with Gasteiger partial charge in [0.25, 0.3) is 0 Å². The van der Waals surface area contributed by atoms with Crippen LogP contribution in [0.1, 0.15) is 38.5 Å². The molecule has 0 radical (unpaired) electrons. The molecule has 1 N–H and O–H groups in total. The van der Waals surface area contributed by atoms with Gasteiger partial charge in [-0.05, 0) is 12.8 Å². The van der Waals surface area contributed by atoms with Gasteiger partial charge in [0.2, 0.25) is 0 Å². The summed E-state index contributed by atoms with van der Waals surface area (Å²) in [7, 11) is 0. The second-order valence-electron chi connectivity index (χ2n) is 3.89. The molecular weight excluding hydrogens is 178 g/mol. The van der Waals surface area contributed by atoms with Crippen LogP contribution in [-0.2, 0) is 4.79 Å². The topological polar surface area (TPSA) is 61.1 Å². The van der Waals surface area contributed by atoms with Crippen molar-refractivity contribution in [2.45, 2.75) is 38.5 Å². The molecule has 0 saturated heterocycles. The van der Waals surface area contributed by atoms with E-state index in [0.29, 0.717) is 12.8 Å².